The Kier molecular flexibility index (Phi) is 6.26. The number of alkyl halides is 1. The maximum Gasteiger partial charge on any atom is 0.419 e. The zero-order valence-electron chi connectivity index (χ0n) is 15.5. The molecule has 0 saturated heterocycles. The molecule has 3 rings (SSSR count). The number of anilines is 2. The molecule has 1 unspecified atom stereocenters. The molecule has 1 heterocycles. The molecule has 2 aromatic carbocycles. The third-order valence-electron chi connectivity index (χ3n) is 4.18. The van der Waals surface area contributed by atoms with Gasteiger partial charge in [0, 0.05) is 0 Å². The standard InChI is InChI=1S/C20H17FN2O7/c21-10-15(24)12(9-19(26)27)22-18(25)11-29-20(28)23-13-5-1-3-7-16(13)30-17-8-4-2-6-14(17)23/h1-8,12H,9-11H2,(H,22,25)(H,26,27). The maximum absolute atomic E-state index is 12.7. The molecule has 2 N–H and O–H groups in total. The molecule has 2 amide bonds. The summed E-state index contributed by atoms with van der Waals surface area (Å²) in [5.41, 5.74) is 0.802. The third-order valence-corrected chi connectivity index (χ3v) is 4.18. The Bertz CT molecular complexity index is 949. The highest BCUT2D eigenvalue weighted by atomic mass is 19.1. The van der Waals surface area contributed by atoms with Crippen LogP contribution in [0.1, 0.15) is 6.42 Å². The van der Waals surface area contributed by atoms with E-state index in [1.165, 1.54) is 4.90 Å². The lowest BCUT2D eigenvalue weighted by Gasteiger charge is -2.30. The van der Waals surface area contributed by atoms with E-state index in [0.29, 0.717) is 22.9 Å². The summed E-state index contributed by atoms with van der Waals surface area (Å²) in [6.07, 6.45) is -1.67. The molecule has 0 aromatic heterocycles. The van der Waals surface area contributed by atoms with E-state index in [1.807, 2.05) is 0 Å². The first-order valence-electron chi connectivity index (χ1n) is 8.83. The first kappa shape index (κ1) is 20.8. The summed E-state index contributed by atoms with van der Waals surface area (Å²) in [6.45, 7) is -2.23. The number of Topliss-reactive ketones (excluding diaryl/α,β-unsaturated/α-hetero) is 1. The molecule has 156 valence electrons. The SMILES string of the molecule is O=C(O)CC(NC(=O)COC(=O)N1c2ccccc2Oc2ccccc21)C(=O)CF. The van der Waals surface area contributed by atoms with Gasteiger partial charge in [-0.15, -0.1) is 0 Å². The molecule has 30 heavy (non-hydrogen) atoms. The van der Waals surface area contributed by atoms with Crippen LogP contribution in [-0.2, 0) is 19.1 Å². The Balaban J connectivity index is 1.71. The van der Waals surface area contributed by atoms with Gasteiger partial charge in [0.25, 0.3) is 5.91 Å². The number of aliphatic carboxylic acids is 1. The summed E-state index contributed by atoms with van der Waals surface area (Å²) in [4.78, 5) is 48.2. The van der Waals surface area contributed by atoms with Crippen LogP contribution in [0.25, 0.3) is 0 Å². The lowest BCUT2D eigenvalue weighted by molar-refractivity contribution is -0.140. The number of carbonyl (C=O) groups excluding carboxylic acids is 3. The van der Waals surface area contributed by atoms with Crippen LogP contribution in [0.3, 0.4) is 0 Å². The minimum Gasteiger partial charge on any atom is -0.481 e. The summed E-state index contributed by atoms with van der Waals surface area (Å²) >= 11 is 0. The number of ether oxygens (including phenoxy) is 2. The van der Waals surface area contributed by atoms with Crippen molar-refractivity contribution in [2.24, 2.45) is 0 Å². The maximum atomic E-state index is 12.7. The van der Waals surface area contributed by atoms with Gasteiger partial charge in [-0.25, -0.2) is 14.1 Å². The number of carboxylic acid groups (broad SMARTS) is 1. The van der Waals surface area contributed by atoms with Crippen molar-refractivity contribution in [2.75, 3.05) is 18.2 Å². The van der Waals surface area contributed by atoms with Gasteiger partial charge in [-0.05, 0) is 24.3 Å². The van der Waals surface area contributed by atoms with Crippen molar-refractivity contribution >= 4 is 35.1 Å². The summed E-state index contributed by atoms with van der Waals surface area (Å²) < 4.78 is 23.4. The number of rotatable bonds is 7. The van der Waals surface area contributed by atoms with E-state index in [2.05, 4.69) is 5.32 Å². The van der Waals surface area contributed by atoms with E-state index in [4.69, 9.17) is 14.6 Å². The Hall–Kier alpha value is -3.95. The lowest BCUT2D eigenvalue weighted by Crippen LogP contribution is -2.45. The second-order valence-corrected chi connectivity index (χ2v) is 6.25. The van der Waals surface area contributed by atoms with Crippen LogP contribution < -0.4 is 15.0 Å². The number of nitrogens with one attached hydrogen (secondary N) is 1. The fourth-order valence-corrected chi connectivity index (χ4v) is 2.84. The van der Waals surface area contributed by atoms with Crippen LogP contribution in [0.5, 0.6) is 11.5 Å². The van der Waals surface area contributed by atoms with E-state index < -0.39 is 49.5 Å². The van der Waals surface area contributed by atoms with Crippen LogP contribution in [0.4, 0.5) is 20.6 Å². The van der Waals surface area contributed by atoms with Crippen molar-refractivity contribution in [3.63, 3.8) is 0 Å². The highest BCUT2D eigenvalue weighted by Crippen LogP contribution is 2.46. The number of halogens is 1. The van der Waals surface area contributed by atoms with Gasteiger partial charge in [0.15, 0.2) is 23.9 Å². The van der Waals surface area contributed by atoms with Crippen LogP contribution in [0.2, 0.25) is 0 Å². The highest BCUT2D eigenvalue weighted by molar-refractivity contribution is 6.01. The summed E-state index contributed by atoms with van der Waals surface area (Å²) in [5, 5.41) is 10.9. The van der Waals surface area contributed by atoms with Gasteiger partial charge in [-0.2, -0.15) is 0 Å². The molecule has 1 aliphatic heterocycles. The normalized spacial score (nSPS) is 12.6. The first-order chi connectivity index (χ1) is 14.4. The number of ketones is 1. The molecule has 0 aliphatic carbocycles. The fourth-order valence-electron chi connectivity index (χ4n) is 2.84. The Morgan fingerprint density at radius 3 is 2.13 bits per heavy atom. The second kappa shape index (κ2) is 9.03. The van der Waals surface area contributed by atoms with Crippen LogP contribution in [0, 0.1) is 0 Å². The quantitative estimate of drug-likeness (QED) is 0.711. The Morgan fingerprint density at radius 2 is 1.60 bits per heavy atom. The van der Waals surface area contributed by atoms with Gasteiger partial charge in [-0.1, -0.05) is 24.3 Å². The van der Waals surface area contributed by atoms with Gasteiger partial charge in [0.05, 0.1) is 17.8 Å². The molecular weight excluding hydrogens is 399 g/mol. The number of para-hydroxylation sites is 4. The van der Waals surface area contributed by atoms with E-state index >= 15 is 0 Å². The first-order valence-corrected chi connectivity index (χ1v) is 8.83. The molecule has 10 heteroatoms. The average Bonchev–Trinajstić information content (AvgIpc) is 2.74. The number of hydrogen-bond acceptors (Lipinski definition) is 6. The third kappa shape index (κ3) is 4.54. The smallest absolute Gasteiger partial charge is 0.419 e. The van der Waals surface area contributed by atoms with Gasteiger partial charge >= 0.3 is 12.1 Å². The molecule has 0 saturated carbocycles. The minimum absolute atomic E-state index is 0.401. The summed E-state index contributed by atoms with van der Waals surface area (Å²) in [7, 11) is 0. The number of carbonyl (C=O) groups is 4. The van der Waals surface area contributed by atoms with Crippen LogP contribution in [-0.4, -0.2) is 48.2 Å². The van der Waals surface area contributed by atoms with E-state index in [1.54, 1.807) is 48.5 Å². The van der Waals surface area contributed by atoms with Crippen molar-refractivity contribution < 1.29 is 38.1 Å². The molecule has 1 atom stereocenters. The number of carboxylic acids is 1. The number of benzene rings is 2. The summed E-state index contributed by atoms with van der Waals surface area (Å²) in [5.74, 6) is -2.60. The van der Waals surface area contributed by atoms with E-state index in [9.17, 15) is 23.6 Å². The van der Waals surface area contributed by atoms with Crippen molar-refractivity contribution in [3.8, 4) is 11.5 Å². The average molecular weight is 416 g/mol. The molecule has 0 bridgehead atoms. The van der Waals surface area contributed by atoms with E-state index in [0.717, 1.165) is 0 Å². The molecule has 0 radical (unpaired) electrons. The number of fused-ring (bicyclic) bond motifs is 2. The van der Waals surface area contributed by atoms with Gasteiger partial charge in [-0.3, -0.25) is 14.4 Å². The monoisotopic (exact) mass is 416 g/mol. The Morgan fingerprint density at radius 1 is 1.03 bits per heavy atom. The van der Waals surface area contributed by atoms with Crippen molar-refractivity contribution in [1.29, 1.82) is 0 Å². The lowest BCUT2D eigenvalue weighted by atomic mass is 10.1. The topological polar surface area (TPSA) is 122 Å². The molecule has 2 aromatic rings. The minimum atomic E-state index is -1.55. The zero-order valence-corrected chi connectivity index (χ0v) is 15.5. The summed E-state index contributed by atoms with van der Waals surface area (Å²) in [6, 6.07) is 11.9. The van der Waals surface area contributed by atoms with Gasteiger partial charge in [0.2, 0.25) is 0 Å². The molecule has 1 aliphatic rings. The predicted octanol–water partition coefficient (Wildman–Crippen LogP) is 2.57. The molecular formula is C20H17FN2O7. The van der Waals surface area contributed by atoms with Gasteiger partial charge in [0.1, 0.15) is 12.7 Å². The van der Waals surface area contributed by atoms with Crippen molar-refractivity contribution in [2.45, 2.75) is 12.5 Å². The number of nitrogens with zero attached hydrogens (tertiary/aromatic N) is 1. The largest absolute Gasteiger partial charge is 0.481 e. The van der Waals surface area contributed by atoms with Crippen molar-refractivity contribution in [1.82, 2.24) is 5.32 Å². The van der Waals surface area contributed by atoms with E-state index in [-0.39, 0.29) is 0 Å². The molecule has 0 spiro atoms. The second-order valence-electron chi connectivity index (χ2n) is 6.25. The zero-order chi connectivity index (χ0) is 21.7. The fraction of sp³-hybridized carbons (Fsp3) is 0.200. The van der Waals surface area contributed by atoms with Gasteiger partial charge < -0.3 is 19.9 Å². The predicted molar refractivity (Wildman–Crippen MR) is 102 cm³/mol. The molecule has 0 fully saturated rings. The highest BCUT2D eigenvalue weighted by Gasteiger charge is 2.31. The van der Waals surface area contributed by atoms with Crippen LogP contribution >= 0.6 is 0 Å². The molecule has 9 nitrogen and oxygen atoms in total. The van der Waals surface area contributed by atoms with Crippen molar-refractivity contribution in [3.05, 3.63) is 48.5 Å². The number of hydrogen-bond donors (Lipinski definition) is 2. The Labute approximate surface area is 170 Å². The van der Waals surface area contributed by atoms with Crippen LogP contribution in [0.15, 0.2) is 48.5 Å². The number of amides is 2.